The highest BCUT2D eigenvalue weighted by atomic mass is 79.9. The van der Waals surface area contributed by atoms with Crippen molar-refractivity contribution in [1.82, 2.24) is 9.15 Å². The van der Waals surface area contributed by atoms with E-state index in [0.717, 1.165) is 24.1 Å². The number of hydrogen-bond donors (Lipinski definition) is 0. The van der Waals surface area contributed by atoms with Gasteiger partial charge in [-0.1, -0.05) is 0 Å². The van der Waals surface area contributed by atoms with Gasteiger partial charge >= 0.3 is 0 Å². The van der Waals surface area contributed by atoms with Crippen LogP contribution < -0.4 is 0 Å². The Morgan fingerprint density at radius 1 is 1.53 bits per heavy atom. The molecular weight excluding hydrogens is 354 g/mol. The molecule has 5 nitrogen and oxygen atoms in total. The molecule has 0 amide bonds. The smallest absolute Gasteiger partial charge is 0.157 e. The summed E-state index contributed by atoms with van der Waals surface area (Å²) in [5.41, 5.74) is 0. The summed E-state index contributed by atoms with van der Waals surface area (Å²) in [6, 6.07) is 0. The maximum atomic E-state index is 5.65. The van der Waals surface area contributed by atoms with E-state index in [2.05, 4.69) is 37.2 Å². The third-order valence-corrected chi connectivity index (χ3v) is 2.83. The fraction of sp³-hybridized carbons (Fsp3) is 0.900. The lowest BCUT2D eigenvalue weighted by Gasteiger charge is -2.26. The average molecular weight is 373 g/mol. The van der Waals surface area contributed by atoms with Crippen molar-refractivity contribution in [2.45, 2.75) is 32.5 Å². The van der Waals surface area contributed by atoms with Crippen LogP contribution in [-0.4, -0.2) is 46.9 Å². The van der Waals surface area contributed by atoms with Crippen molar-refractivity contribution in [1.29, 1.82) is 0 Å². The summed E-state index contributed by atoms with van der Waals surface area (Å²) in [7, 11) is 1.87. The van der Waals surface area contributed by atoms with E-state index in [1.54, 1.807) is 9.15 Å². The van der Waals surface area contributed by atoms with E-state index in [9.17, 15) is 0 Å². The predicted molar refractivity (Wildman–Crippen MR) is 75.0 cm³/mol. The van der Waals surface area contributed by atoms with Crippen LogP contribution in [0.5, 0.6) is 0 Å². The molecule has 0 aromatic heterocycles. The zero-order chi connectivity index (χ0) is 12.7. The van der Waals surface area contributed by atoms with Gasteiger partial charge in [0.15, 0.2) is 6.29 Å². The first-order valence-electron chi connectivity index (χ1n) is 5.70. The van der Waals surface area contributed by atoms with Gasteiger partial charge in [-0.3, -0.25) is 0 Å². The standard InChI is InChI=1S/C10H19Br2N3O2/c1-9(11)13-15(14(2)12)6-8-17-10-5-3-4-7-16-10/h10H,3-8H2,1-2H3/b13-9+. The first kappa shape index (κ1) is 15.4. The van der Waals surface area contributed by atoms with Crippen molar-refractivity contribution >= 4 is 36.7 Å². The monoisotopic (exact) mass is 371 g/mol. The van der Waals surface area contributed by atoms with Crippen LogP contribution in [0.1, 0.15) is 26.2 Å². The molecule has 7 heteroatoms. The van der Waals surface area contributed by atoms with Crippen molar-refractivity contribution in [3.63, 3.8) is 0 Å². The zero-order valence-corrected chi connectivity index (χ0v) is 13.4. The molecule has 100 valence electrons. The van der Waals surface area contributed by atoms with E-state index in [4.69, 9.17) is 9.47 Å². The van der Waals surface area contributed by atoms with Crippen LogP contribution in [0.15, 0.2) is 5.10 Å². The second-order valence-electron chi connectivity index (χ2n) is 3.80. The highest BCUT2D eigenvalue weighted by Gasteiger charge is 2.14. The van der Waals surface area contributed by atoms with Crippen LogP contribution in [0, 0.1) is 0 Å². The van der Waals surface area contributed by atoms with Crippen molar-refractivity contribution in [3.8, 4) is 0 Å². The summed E-state index contributed by atoms with van der Waals surface area (Å²) < 4.78 is 13.7. The third kappa shape index (κ3) is 6.71. The second kappa shape index (κ2) is 8.42. The molecule has 1 atom stereocenters. The number of halogens is 2. The molecular formula is C10H19Br2N3O2. The zero-order valence-electron chi connectivity index (χ0n) is 10.2. The van der Waals surface area contributed by atoms with Crippen LogP contribution in [-0.2, 0) is 9.47 Å². The van der Waals surface area contributed by atoms with Crippen LogP contribution >= 0.6 is 32.1 Å². The van der Waals surface area contributed by atoms with Crippen LogP contribution in [0.4, 0.5) is 0 Å². The van der Waals surface area contributed by atoms with E-state index in [1.807, 2.05) is 14.0 Å². The van der Waals surface area contributed by atoms with E-state index >= 15 is 0 Å². The number of hydrazone groups is 1. The molecule has 1 fully saturated rings. The van der Waals surface area contributed by atoms with Crippen molar-refractivity contribution in [3.05, 3.63) is 0 Å². The third-order valence-electron chi connectivity index (χ3n) is 2.30. The van der Waals surface area contributed by atoms with Gasteiger partial charge in [0.2, 0.25) is 0 Å². The molecule has 0 aromatic rings. The van der Waals surface area contributed by atoms with Gasteiger partial charge in [0.25, 0.3) is 0 Å². The normalized spacial score (nSPS) is 21.9. The Labute approximate surface area is 120 Å². The highest BCUT2D eigenvalue weighted by molar-refractivity contribution is 9.18. The average Bonchev–Trinajstić information content (AvgIpc) is 2.28. The summed E-state index contributed by atoms with van der Waals surface area (Å²) >= 11 is 6.65. The molecule has 1 aliphatic heterocycles. The van der Waals surface area contributed by atoms with E-state index in [0.29, 0.717) is 13.2 Å². The molecule has 0 spiro atoms. The van der Waals surface area contributed by atoms with Crippen LogP contribution in [0.25, 0.3) is 0 Å². The molecule has 0 N–H and O–H groups in total. The molecule has 1 heterocycles. The number of hydrogen-bond acceptors (Lipinski definition) is 5. The van der Waals surface area contributed by atoms with Gasteiger partial charge in [0.1, 0.15) is 4.62 Å². The molecule has 0 saturated carbocycles. The quantitative estimate of drug-likeness (QED) is 0.408. The number of nitrogens with zero attached hydrogens (tertiary/aromatic N) is 3. The Morgan fingerprint density at radius 3 is 2.82 bits per heavy atom. The summed E-state index contributed by atoms with van der Waals surface area (Å²) in [6.45, 7) is 3.95. The minimum absolute atomic E-state index is 0.0414. The van der Waals surface area contributed by atoms with Crippen molar-refractivity contribution in [2.75, 3.05) is 26.8 Å². The topological polar surface area (TPSA) is 37.3 Å². The van der Waals surface area contributed by atoms with Gasteiger partial charge < -0.3 is 9.47 Å². The van der Waals surface area contributed by atoms with Crippen LogP contribution in [0.3, 0.4) is 0 Å². The maximum Gasteiger partial charge on any atom is 0.157 e. The minimum Gasteiger partial charge on any atom is -0.353 e. The lowest BCUT2D eigenvalue weighted by Crippen LogP contribution is -2.33. The van der Waals surface area contributed by atoms with E-state index < -0.39 is 0 Å². The Morgan fingerprint density at radius 2 is 2.29 bits per heavy atom. The Balaban J connectivity index is 2.24. The highest BCUT2D eigenvalue weighted by Crippen LogP contribution is 2.13. The van der Waals surface area contributed by atoms with Crippen LogP contribution in [0.2, 0.25) is 0 Å². The SMILES string of the molecule is C/C(Br)=N\N(CCOC1CCCCO1)N(C)Br. The molecule has 1 rings (SSSR count). The van der Waals surface area contributed by atoms with Crippen molar-refractivity contribution < 1.29 is 9.47 Å². The Bertz CT molecular complexity index is 242. The largest absolute Gasteiger partial charge is 0.353 e. The number of hydrazine groups is 1. The first-order chi connectivity index (χ1) is 8.09. The maximum absolute atomic E-state index is 5.65. The number of rotatable bonds is 6. The predicted octanol–water partition coefficient (Wildman–Crippen LogP) is 2.72. The number of ether oxygens (including phenoxy) is 2. The fourth-order valence-electron chi connectivity index (χ4n) is 1.52. The second-order valence-corrected chi connectivity index (χ2v) is 5.98. The fourth-order valence-corrected chi connectivity index (χ4v) is 1.93. The Kier molecular flexibility index (Phi) is 7.61. The summed E-state index contributed by atoms with van der Waals surface area (Å²) in [6.07, 6.45) is 3.28. The summed E-state index contributed by atoms with van der Waals surface area (Å²) in [5.74, 6) is 0. The van der Waals surface area contributed by atoms with Gasteiger partial charge in [0.05, 0.1) is 13.2 Å². The van der Waals surface area contributed by atoms with E-state index in [-0.39, 0.29) is 6.29 Å². The molecule has 1 saturated heterocycles. The molecule has 0 bridgehead atoms. The summed E-state index contributed by atoms with van der Waals surface area (Å²) in [4.78, 5) is 0. The molecule has 0 aromatic carbocycles. The Hall–Kier alpha value is 0.310. The van der Waals surface area contributed by atoms with Gasteiger partial charge in [-0.2, -0.15) is 5.10 Å². The van der Waals surface area contributed by atoms with Gasteiger partial charge in [-0.05, 0) is 42.1 Å². The van der Waals surface area contributed by atoms with Gasteiger partial charge in [-0.25, -0.2) is 5.12 Å². The molecule has 1 unspecified atom stereocenters. The van der Waals surface area contributed by atoms with Gasteiger partial charge in [-0.15, -0.1) is 4.03 Å². The first-order valence-corrected chi connectivity index (χ1v) is 7.20. The lowest BCUT2D eigenvalue weighted by atomic mass is 10.2. The van der Waals surface area contributed by atoms with Gasteiger partial charge in [0, 0.05) is 29.8 Å². The molecule has 0 radical (unpaired) electrons. The molecule has 17 heavy (non-hydrogen) atoms. The van der Waals surface area contributed by atoms with E-state index in [1.165, 1.54) is 6.42 Å². The van der Waals surface area contributed by atoms with Crippen molar-refractivity contribution in [2.24, 2.45) is 5.10 Å². The lowest BCUT2D eigenvalue weighted by molar-refractivity contribution is -0.166. The molecule has 0 aliphatic carbocycles. The minimum atomic E-state index is -0.0414. The molecule has 1 aliphatic rings. The summed E-state index contributed by atoms with van der Waals surface area (Å²) in [5, 5.41) is 6.05.